The zero-order valence-electron chi connectivity index (χ0n) is 12.6. The Morgan fingerprint density at radius 1 is 1.40 bits per heavy atom. The van der Waals surface area contributed by atoms with E-state index in [-0.39, 0.29) is 17.7 Å². The third-order valence-corrected chi connectivity index (χ3v) is 5.06. The summed E-state index contributed by atoms with van der Waals surface area (Å²) in [5.41, 5.74) is 4.21. The summed E-state index contributed by atoms with van der Waals surface area (Å²) in [4.78, 5) is 6.86. The number of hydrogen-bond donors (Lipinski definition) is 2. The Balaban J connectivity index is 2.19. The van der Waals surface area contributed by atoms with Gasteiger partial charge in [0.1, 0.15) is 16.6 Å². The van der Waals surface area contributed by atoms with Gasteiger partial charge < -0.3 is 5.32 Å². The van der Waals surface area contributed by atoms with Gasteiger partial charge in [-0.1, -0.05) is 17.7 Å². The highest BCUT2D eigenvalue weighted by molar-refractivity contribution is 7.10. The van der Waals surface area contributed by atoms with Crippen LogP contribution in [0.25, 0.3) is 5.70 Å². The Morgan fingerprint density at radius 2 is 2.20 bits per heavy atom. The highest BCUT2D eigenvalue weighted by atomic mass is 35.5. The lowest BCUT2D eigenvalue weighted by molar-refractivity contribution is -0.198. The van der Waals surface area contributed by atoms with Crippen LogP contribution in [0.15, 0.2) is 41.5 Å². The standard InChI is InChI=1S/C15H12ClF2N5OS/c16-14(12-22-5-6-25-12)8-15(20,24-13(17)18)9(7-19)11(23-14)10-3-1-2-4-21-10/h1-6,13,23H,8,20H2. The van der Waals surface area contributed by atoms with Gasteiger partial charge in [0.2, 0.25) is 0 Å². The summed E-state index contributed by atoms with van der Waals surface area (Å²) in [6.45, 7) is -3.19. The Labute approximate surface area is 150 Å². The SMILES string of the molecule is N#CC1=C(c2ccccn2)NC(Cl)(c2nccs2)CC1(N)OC(F)F. The number of nitrogens with one attached hydrogen (secondary N) is 1. The van der Waals surface area contributed by atoms with Crippen molar-refractivity contribution < 1.29 is 13.5 Å². The van der Waals surface area contributed by atoms with Crippen LogP contribution in [-0.4, -0.2) is 22.3 Å². The average Bonchev–Trinajstić information content (AvgIpc) is 3.09. The summed E-state index contributed by atoms with van der Waals surface area (Å²) in [5.74, 6) is 0. The first-order valence-corrected chi connectivity index (χ1v) is 8.32. The minimum Gasteiger partial charge on any atom is -0.358 e. The first-order chi connectivity index (χ1) is 11.9. The van der Waals surface area contributed by atoms with Gasteiger partial charge in [0.15, 0.2) is 10.7 Å². The monoisotopic (exact) mass is 383 g/mol. The van der Waals surface area contributed by atoms with Crippen LogP contribution in [0.1, 0.15) is 17.1 Å². The molecule has 0 saturated heterocycles. The normalized spacial score (nSPS) is 26.4. The molecule has 2 atom stereocenters. The summed E-state index contributed by atoms with van der Waals surface area (Å²) in [6, 6.07) is 6.82. The van der Waals surface area contributed by atoms with Crippen molar-refractivity contribution in [1.82, 2.24) is 15.3 Å². The number of alkyl halides is 3. The lowest BCUT2D eigenvalue weighted by atomic mass is 9.88. The Hall–Kier alpha value is -2.12. The number of pyridine rings is 1. The number of thiazole rings is 1. The topological polar surface area (TPSA) is 96.9 Å². The van der Waals surface area contributed by atoms with Crippen LogP contribution in [0.5, 0.6) is 0 Å². The van der Waals surface area contributed by atoms with E-state index in [9.17, 15) is 14.0 Å². The minimum absolute atomic E-state index is 0.128. The molecule has 0 aliphatic carbocycles. The maximum atomic E-state index is 13.0. The molecule has 0 fully saturated rings. The molecule has 25 heavy (non-hydrogen) atoms. The molecule has 2 aromatic heterocycles. The van der Waals surface area contributed by atoms with Gasteiger partial charge >= 0.3 is 6.61 Å². The molecule has 3 N–H and O–H groups in total. The lowest BCUT2D eigenvalue weighted by Crippen LogP contribution is -2.57. The van der Waals surface area contributed by atoms with E-state index in [4.69, 9.17) is 17.3 Å². The molecule has 130 valence electrons. The van der Waals surface area contributed by atoms with Crippen molar-refractivity contribution in [1.29, 1.82) is 5.26 Å². The molecular formula is C15H12ClF2N5OS. The second-order valence-electron chi connectivity index (χ2n) is 5.28. The quantitative estimate of drug-likeness (QED) is 0.478. The van der Waals surface area contributed by atoms with E-state index in [0.717, 1.165) is 0 Å². The number of hydrogen-bond acceptors (Lipinski definition) is 7. The molecule has 1 aliphatic heterocycles. The molecule has 1 aliphatic rings. The maximum Gasteiger partial charge on any atom is 0.347 e. The van der Waals surface area contributed by atoms with Gasteiger partial charge in [0.25, 0.3) is 0 Å². The van der Waals surface area contributed by atoms with E-state index in [0.29, 0.717) is 10.7 Å². The molecule has 0 radical (unpaired) electrons. The average molecular weight is 384 g/mol. The van der Waals surface area contributed by atoms with Gasteiger partial charge in [0, 0.05) is 24.2 Å². The summed E-state index contributed by atoms with van der Waals surface area (Å²) < 4.78 is 30.6. The third-order valence-electron chi connectivity index (χ3n) is 3.61. The zero-order valence-corrected chi connectivity index (χ0v) is 14.2. The Morgan fingerprint density at radius 3 is 2.76 bits per heavy atom. The summed E-state index contributed by atoms with van der Waals surface area (Å²) >= 11 is 7.86. The van der Waals surface area contributed by atoms with Crippen LogP contribution >= 0.6 is 22.9 Å². The van der Waals surface area contributed by atoms with Crippen molar-refractivity contribution in [3.05, 3.63) is 52.2 Å². The smallest absolute Gasteiger partial charge is 0.347 e. The van der Waals surface area contributed by atoms with Crippen molar-refractivity contribution in [2.45, 2.75) is 23.8 Å². The molecular weight excluding hydrogens is 372 g/mol. The number of nitrogens with two attached hydrogens (primary N) is 1. The Bertz CT molecular complexity index is 826. The molecule has 10 heteroatoms. The second kappa shape index (κ2) is 6.65. The zero-order chi connectivity index (χ0) is 18.1. The Kier molecular flexibility index (Phi) is 4.71. The summed E-state index contributed by atoms with van der Waals surface area (Å²) in [7, 11) is 0. The van der Waals surface area contributed by atoms with E-state index < -0.39 is 17.3 Å². The van der Waals surface area contributed by atoms with Gasteiger partial charge in [-0.15, -0.1) is 11.3 Å². The molecule has 3 rings (SSSR count). The fourth-order valence-electron chi connectivity index (χ4n) is 2.63. The van der Waals surface area contributed by atoms with E-state index in [1.54, 1.807) is 23.6 Å². The predicted molar refractivity (Wildman–Crippen MR) is 88.2 cm³/mol. The van der Waals surface area contributed by atoms with E-state index >= 15 is 0 Å². The summed E-state index contributed by atoms with van der Waals surface area (Å²) in [6.07, 6.45) is 2.71. The van der Waals surface area contributed by atoms with Crippen molar-refractivity contribution in [3.8, 4) is 6.07 Å². The molecule has 6 nitrogen and oxygen atoms in total. The summed E-state index contributed by atoms with van der Waals surface area (Å²) in [5, 5.41) is 14.6. The maximum absolute atomic E-state index is 13.0. The molecule has 0 aromatic carbocycles. The van der Waals surface area contributed by atoms with Crippen molar-refractivity contribution in [2.75, 3.05) is 0 Å². The third kappa shape index (κ3) is 3.34. The van der Waals surface area contributed by atoms with Crippen LogP contribution < -0.4 is 11.1 Å². The highest BCUT2D eigenvalue weighted by Crippen LogP contribution is 2.45. The number of nitrogens with zero attached hydrogens (tertiary/aromatic N) is 3. The number of halogens is 3. The first kappa shape index (κ1) is 17.7. The van der Waals surface area contributed by atoms with E-state index in [1.807, 2.05) is 6.07 Å². The van der Waals surface area contributed by atoms with Crippen LogP contribution in [0, 0.1) is 11.3 Å². The number of ether oxygens (including phenoxy) is 1. The number of aromatic nitrogens is 2. The fraction of sp³-hybridized carbons (Fsp3) is 0.267. The minimum atomic E-state index is -3.19. The molecule has 2 aromatic rings. The largest absolute Gasteiger partial charge is 0.358 e. The molecule has 0 bridgehead atoms. The fourth-order valence-corrected chi connectivity index (χ4v) is 3.79. The van der Waals surface area contributed by atoms with Gasteiger partial charge in [-0.2, -0.15) is 14.0 Å². The van der Waals surface area contributed by atoms with E-state index in [1.165, 1.54) is 23.7 Å². The lowest BCUT2D eigenvalue weighted by Gasteiger charge is -2.42. The molecule has 0 amide bonds. The molecule has 3 heterocycles. The van der Waals surface area contributed by atoms with Crippen molar-refractivity contribution in [3.63, 3.8) is 0 Å². The highest BCUT2D eigenvalue weighted by Gasteiger charge is 2.51. The van der Waals surface area contributed by atoms with E-state index in [2.05, 4.69) is 20.0 Å². The molecule has 0 spiro atoms. The molecule has 2 unspecified atom stereocenters. The van der Waals surface area contributed by atoms with Crippen LogP contribution in [0.4, 0.5) is 8.78 Å². The second-order valence-corrected chi connectivity index (χ2v) is 6.82. The van der Waals surface area contributed by atoms with Gasteiger partial charge in [-0.05, 0) is 12.1 Å². The van der Waals surface area contributed by atoms with Gasteiger partial charge in [-0.25, -0.2) is 4.98 Å². The van der Waals surface area contributed by atoms with Crippen molar-refractivity contribution in [2.24, 2.45) is 5.73 Å². The van der Waals surface area contributed by atoms with Crippen LogP contribution in [0.3, 0.4) is 0 Å². The van der Waals surface area contributed by atoms with Crippen molar-refractivity contribution >= 4 is 28.6 Å². The van der Waals surface area contributed by atoms with Crippen LogP contribution in [-0.2, 0) is 9.73 Å². The van der Waals surface area contributed by atoms with Crippen LogP contribution in [0.2, 0.25) is 0 Å². The number of nitriles is 1. The number of rotatable bonds is 4. The van der Waals surface area contributed by atoms with Gasteiger partial charge in [-0.3, -0.25) is 15.5 Å². The first-order valence-electron chi connectivity index (χ1n) is 7.06. The van der Waals surface area contributed by atoms with Gasteiger partial charge in [0.05, 0.1) is 11.4 Å². The molecule has 0 saturated carbocycles. The predicted octanol–water partition coefficient (Wildman–Crippen LogP) is 2.75.